The summed E-state index contributed by atoms with van der Waals surface area (Å²) in [5, 5.41) is 5.02. The van der Waals surface area contributed by atoms with E-state index in [-0.39, 0.29) is 6.04 Å². The Morgan fingerprint density at radius 2 is 1.84 bits per heavy atom. The molecule has 4 nitrogen and oxygen atoms in total. The molecule has 0 bridgehead atoms. The second kappa shape index (κ2) is 8.12. The van der Waals surface area contributed by atoms with Crippen molar-refractivity contribution in [2.24, 2.45) is 0 Å². The zero-order valence-corrected chi connectivity index (χ0v) is 18.3. The van der Waals surface area contributed by atoms with E-state index in [0.29, 0.717) is 6.61 Å². The number of ether oxygens (including phenoxy) is 2. The SMILES string of the molecule is COc1ccc([C@H]2NCCc3c2[nH]c2ccccc32)cc1COc1cccc(C)c1C. The molecule has 1 aliphatic heterocycles. The van der Waals surface area contributed by atoms with Crippen molar-refractivity contribution >= 4 is 10.9 Å². The van der Waals surface area contributed by atoms with Crippen LogP contribution in [0.4, 0.5) is 0 Å². The van der Waals surface area contributed by atoms with Crippen molar-refractivity contribution in [2.45, 2.75) is 32.9 Å². The van der Waals surface area contributed by atoms with E-state index in [4.69, 9.17) is 9.47 Å². The van der Waals surface area contributed by atoms with Gasteiger partial charge < -0.3 is 19.8 Å². The maximum Gasteiger partial charge on any atom is 0.125 e. The highest BCUT2D eigenvalue weighted by molar-refractivity contribution is 5.85. The summed E-state index contributed by atoms with van der Waals surface area (Å²) in [6.45, 7) is 5.63. The number of H-pyrrole nitrogens is 1. The molecule has 0 aliphatic carbocycles. The lowest BCUT2D eigenvalue weighted by Gasteiger charge is -2.25. The Bertz CT molecular complexity index is 1240. The van der Waals surface area contributed by atoms with Crippen LogP contribution in [0, 0.1) is 13.8 Å². The normalized spacial score (nSPS) is 15.6. The van der Waals surface area contributed by atoms with Gasteiger partial charge in [0.1, 0.15) is 18.1 Å². The van der Waals surface area contributed by atoms with Crippen molar-refractivity contribution in [3.8, 4) is 11.5 Å². The topological polar surface area (TPSA) is 46.3 Å². The minimum Gasteiger partial charge on any atom is -0.496 e. The van der Waals surface area contributed by atoms with Crippen LogP contribution in [-0.2, 0) is 13.0 Å². The summed E-state index contributed by atoms with van der Waals surface area (Å²) in [6.07, 6.45) is 1.04. The van der Waals surface area contributed by atoms with Gasteiger partial charge in [-0.25, -0.2) is 0 Å². The molecule has 0 fully saturated rings. The van der Waals surface area contributed by atoms with Gasteiger partial charge in [0.05, 0.1) is 13.2 Å². The van der Waals surface area contributed by atoms with Crippen LogP contribution >= 0.6 is 0 Å². The van der Waals surface area contributed by atoms with Gasteiger partial charge in [0.15, 0.2) is 0 Å². The molecule has 3 aromatic carbocycles. The minimum absolute atomic E-state index is 0.126. The van der Waals surface area contributed by atoms with E-state index in [0.717, 1.165) is 30.0 Å². The van der Waals surface area contributed by atoms with Gasteiger partial charge in [0.25, 0.3) is 0 Å². The van der Waals surface area contributed by atoms with Crippen molar-refractivity contribution in [2.75, 3.05) is 13.7 Å². The molecule has 2 N–H and O–H groups in total. The molecule has 5 rings (SSSR count). The van der Waals surface area contributed by atoms with E-state index >= 15 is 0 Å². The summed E-state index contributed by atoms with van der Waals surface area (Å²) in [5.74, 6) is 1.77. The lowest BCUT2D eigenvalue weighted by molar-refractivity contribution is 0.294. The molecule has 1 aliphatic rings. The number of benzene rings is 3. The number of aromatic amines is 1. The first-order valence-corrected chi connectivity index (χ1v) is 10.8. The first kappa shape index (κ1) is 19.7. The van der Waals surface area contributed by atoms with Crippen LogP contribution in [0.5, 0.6) is 11.5 Å². The molecule has 31 heavy (non-hydrogen) atoms. The molecule has 0 radical (unpaired) electrons. The number of aromatic nitrogens is 1. The standard InChI is InChI=1S/C27H28N2O2/c1-17-7-6-10-24(18(17)2)31-16-20-15-19(11-12-25(20)30-3)26-27-22(13-14-28-26)21-8-4-5-9-23(21)29-27/h4-12,15,26,28-29H,13-14,16H2,1-3H3/t26-/m1/s1. The third kappa shape index (κ3) is 3.57. The Labute approximate surface area is 183 Å². The molecular weight excluding hydrogens is 384 g/mol. The molecule has 4 aromatic rings. The molecular formula is C27H28N2O2. The number of fused-ring (bicyclic) bond motifs is 3. The van der Waals surface area contributed by atoms with Crippen molar-refractivity contribution in [1.29, 1.82) is 0 Å². The molecule has 1 atom stereocenters. The zero-order chi connectivity index (χ0) is 21.4. The van der Waals surface area contributed by atoms with Crippen molar-refractivity contribution in [3.05, 3.63) is 94.2 Å². The lowest BCUT2D eigenvalue weighted by atomic mass is 9.93. The number of nitrogens with one attached hydrogen (secondary N) is 2. The van der Waals surface area contributed by atoms with Crippen molar-refractivity contribution < 1.29 is 9.47 Å². The molecule has 1 aromatic heterocycles. The highest BCUT2D eigenvalue weighted by Gasteiger charge is 2.25. The van der Waals surface area contributed by atoms with E-state index in [1.807, 2.05) is 12.1 Å². The Morgan fingerprint density at radius 3 is 2.71 bits per heavy atom. The number of hydrogen-bond acceptors (Lipinski definition) is 3. The Hall–Kier alpha value is -3.24. The summed E-state index contributed by atoms with van der Waals surface area (Å²) in [5.41, 5.74) is 8.56. The van der Waals surface area contributed by atoms with Crippen molar-refractivity contribution in [1.82, 2.24) is 10.3 Å². The fraction of sp³-hybridized carbons (Fsp3) is 0.259. The second-order valence-corrected chi connectivity index (χ2v) is 8.26. The fourth-order valence-electron chi connectivity index (χ4n) is 4.59. The van der Waals surface area contributed by atoms with Crippen LogP contribution in [0.2, 0.25) is 0 Å². The van der Waals surface area contributed by atoms with Crippen LogP contribution < -0.4 is 14.8 Å². The first-order valence-electron chi connectivity index (χ1n) is 10.8. The molecule has 158 valence electrons. The van der Waals surface area contributed by atoms with Gasteiger partial charge in [-0.3, -0.25) is 0 Å². The van der Waals surface area contributed by atoms with Crippen molar-refractivity contribution in [3.63, 3.8) is 0 Å². The quantitative estimate of drug-likeness (QED) is 0.448. The monoisotopic (exact) mass is 412 g/mol. The largest absolute Gasteiger partial charge is 0.496 e. The number of hydrogen-bond donors (Lipinski definition) is 2. The van der Waals surface area contributed by atoms with Gasteiger partial charge in [0, 0.05) is 28.7 Å². The van der Waals surface area contributed by atoms with Crippen LogP contribution in [0.15, 0.2) is 60.7 Å². The van der Waals surface area contributed by atoms with Crippen LogP contribution in [-0.4, -0.2) is 18.6 Å². The minimum atomic E-state index is 0.126. The Kier molecular flexibility index (Phi) is 5.16. The lowest BCUT2D eigenvalue weighted by Crippen LogP contribution is -2.30. The smallest absolute Gasteiger partial charge is 0.125 e. The summed E-state index contributed by atoms with van der Waals surface area (Å²) in [6, 6.07) is 21.3. The number of para-hydroxylation sites is 1. The highest BCUT2D eigenvalue weighted by atomic mass is 16.5. The van der Waals surface area contributed by atoms with Gasteiger partial charge in [-0.2, -0.15) is 0 Å². The predicted molar refractivity (Wildman–Crippen MR) is 125 cm³/mol. The average molecular weight is 413 g/mol. The summed E-state index contributed by atoms with van der Waals surface area (Å²) >= 11 is 0. The number of rotatable bonds is 5. The molecule has 0 spiro atoms. The van der Waals surface area contributed by atoms with Crippen LogP contribution in [0.3, 0.4) is 0 Å². The second-order valence-electron chi connectivity index (χ2n) is 8.26. The van der Waals surface area contributed by atoms with E-state index in [9.17, 15) is 0 Å². The van der Waals surface area contributed by atoms with Gasteiger partial charge in [0.2, 0.25) is 0 Å². The molecule has 0 saturated heterocycles. The van der Waals surface area contributed by atoms with Crippen LogP contribution in [0.1, 0.15) is 39.6 Å². The highest BCUT2D eigenvalue weighted by Crippen LogP contribution is 2.35. The van der Waals surface area contributed by atoms with Gasteiger partial charge >= 0.3 is 0 Å². The van der Waals surface area contributed by atoms with Gasteiger partial charge in [-0.15, -0.1) is 0 Å². The molecule has 0 saturated carbocycles. The summed E-state index contributed by atoms with van der Waals surface area (Å²) in [7, 11) is 1.71. The third-order valence-corrected chi connectivity index (χ3v) is 6.43. The van der Waals surface area contributed by atoms with Gasteiger partial charge in [-0.05, 0) is 66.8 Å². The van der Waals surface area contributed by atoms with E-state index in [2.05, 4.69) is 72.7 Å². The summed E-state index contributed by atoms with van der Waals surface area (Å²) < 4.78 is 11.8. The first-order chi connectivity index (χ1) is 15.2. The van der Waals surface area contributed by atoms with E-state index < -0.39 is 0 Å². The predicted octanol–water partition coefficient (Wildman–Crippen LogP) is 5.61. The van der Waals surface area contributed by atoms with Crippen LogP contribution in [0.25, 0.3) is 10.9 Å². The third-order valence-electron chi connectivity index (χ3n) is 6.43. The van der Waals surface area contributed by atoms with E-state index in [1.165, 1.54) is 38.9 Å². The van der Waals surface area contributed by atoms with E-state index in [1.54, 1.807) is 7.11 Å². The maximum atomic E-state index is 6.20. The Balaban J connectivity index is 1.48. The average Bonchev–Trinajstić information content (AvgIpc) is 3.19. The number of aryl methyl sites for hydroxylation is 1. The molecule has 0 amide bonds. The number of methoxy groups -OCH3 is 1. The fourth-order valence-corrected chi connectivity index (χ4v) is 4.59. The maximum absolute atomic E-state index is 6.20. The molecule has 0 unspecified atom stereocenters. The summed E-state index contributed by atoms with van der Waals surface area (Å²) in [4.78, 5) is 3.66. The van der Waals surface area contributed by atoms with Gasteiger partial charge in [-0.1, -0.05) is 36.4 Å². The Morgan fingerprint density at radius 1 is 0.968 bits per heavy atom. The molecule has 2 heterocycles. The zero-order valence-electron chi connectivity index (χ0n) is 18.3. The molecule has 4 heteroatoms.